The summed E-state index contributed by atoms with van der Waals surface area (Å²) in [6, 6.07) is 14.7. The summed E-state index contributed by atoms with van der Waals surface area (Å²) in [6.45, 7) is -0.505. The van der Waals surface area contributed by atoms with Crippen molar-refractivity contribution in [1.82, 2.24) is 10.6 Å². The molecule has 0 saturated carbocycles. The molecular formula is C22H22N2O6. The molecule has 0 spiro atoms. The van der Waals surface area contributed by atoms with Crippen LogP contribution in [-0.4, -0.2) is 54.0 Å². The Morgan fingerprint density at radius 2 is 1.63 bits per heavy atom. The summed E-state index contributed by atoms with van der Waals surface area (Å²) in [7, 11) is 0. The van der Waals surface area contributed by atoms with Crippen LogP contribution in [0.3, 0.4) is 0 Å². The Balaban J connectivity index is 1.49. The van der Waals surface area contributed by atoms with Crippen molar-refractivity contribution in [3.8, 4) is 11.1 Å². The smallest absolute Gasteiger partial charge is 0.407 e. The van der Waals surface area contributed by atoms with Gasteiger partial charge in [0, 0.05) is 18.5 Å². The lowest BCUT2D eigenvalue weighted by molar-refractivity contribution is -0.142. The number of ether oxygens (including phenoxy) is 1. The molecule has 0 heterocycles. The quantitative estimate of drug-likeness (QED) is 0.491. The highest BCUT2D eigenvalue weighted by molar-refractivity contribution is 5.91. The van der Waals surface area contributed by atoms with Gasteiger partial charge in [0.15, 0.2) is 6.04 Å². The van der Waals surface area contributed by atoms with Gasteiger partial charge in [0.1, 0.15) is 6.61 Å². The van der Waals surface area contributed by atoms with E-state index in [9.17, 15) is 14.4 Å². The Morgan fingerprint density at radius 3 is 2.20 bits per heavy atom. The number of aliphatic hydroxyl groups is 1. The SMILES string of the molecule is O=C(/C=C/CNC(=O)OCC1c2ccccc2-c2ccccc21)N[C@H](CO)C(=O)O. The molecule has 0 aromatic heterocycles. The van der Waals surface area contributed by atoms with Gasteiger partial charge < -0.3 is 25.6 Å². The number of carboxylic acid groups (broad SMARTS) is 1. The summed E-state index contributed by atoms with van der Waals surface area (Å²) >= 11 is 0. The third-order valence-electron chi connectivity index (χ3n) is 4.77. The first-order valence-electron chi connectivity index (χ1n) is 9.40. The number of benzene rings is 2. The predicted molar refractivity (Wildman–Crippen MR) is 109 cm³/mol. The molecule has 0 fully saturated rings. The number of rotatable bonds is 8. The second-order valence-electron chi connectivity index (χ2n) is 6.69. The second-order valence-corrected chi connectivity index (χ2v) is 6.69. The van der Waals surface area contributed by atoms with Gasteiger partial charge in [-0.05, 0) is 22.3 Å². The summed E-state index contributed by atoms with van der Waals surface area (Å²) in [4.78, 5) is 34.3. The van der Waals surface area contributed by atoms with Crippen LogP contribution >= 0.6 is 0 Å². The average Bonchev–Trinajstić information content (AvgIpc) is 3.07. The van der Waals surface area contributed by atoms with Gasteiger partial charge in [0.2, 0.25) is 5.91 Å². The molecule has 0 aliphatic heterocycles. The van der Waals surface area contributed by atoms with E-state index in [0.29, 0.717) is 0 Å². The molecule has 0 unspecified atom stereocenters. The molecule has 0 saturated heterocycles. The minimum atomic E-state index is -1.38. The molecule has 156 valence electrons. The van der Waals surface area contributed by atoms with Crippen molar-refractivity contribution in [2.75, 3.05) is 19.8 Å². The first kappa shape index (κ1) is 21.1. The fourth-order valence-corrected chi connectivity index (χ4v) is 3.36. The van der Waals surface area contributed by atoms with Crippen molar-refractivity contribution < 1.29 is 29.3 Å². The molecule has 0 radical (unpaired) electrons. The number of carboxylic acids is 1. The Hall–Kier alpha value is -3.65. The van der Waals surface area contributed by atoms with E-state index < -0.39 is 30.6 Å². The third kappa shape index (κ3) is 4.84. The zero-order chi connectivity index (χ0) is 21.5. The van der Waals surface area contributed by atoms with Crippen LogP contribution in [0.1, 0.15) is 17.0 Å². The molecule has 2 aromatic rings. The number of fused-ring (bicyclic) bond motifs is 3. The molecular weight excluding hydrogens is 388 g/mol. The Labute approximate surface area is 173 Å². The lowest BCUT2D eigenvalue weighted by atomic mass is 9.98. The number of carbonyl (C=O) groups is 3. The van der Waals surface area contributed by atoms with Crippen LogP contribution in [0.4, 0.5) is 4.79 Å². The van der Waals surface area contributed by atoms with Crippen LogP contribution in [0.25, 0.3) is 11.1 Å². The van der Waals surface area contributed by atoms with Crippen LogP contribution in [0.2, 0.25) is 0 Å². The summed E-state index contributed by atoms with van der Waals surface area (Å²) in [6.07, 6.45) is 1.81. The molecule has 30 heavy (non-hydrogen) atoms. The van der Waals surface area contributed by atoms with Crippen LogP contribution in [-0.2, 0) is 14.3 Å². The van der Waals surface area contributed by atoms with E-state index in [-0.39, 0.29) is 19.1 Å². The molecule has 1 aliphatic carbocycles. The predicted octanol–water partition coefficient (Wildman–Crippen LogP) is 1.64. The molecule has 1 aliphatic rings. The van der Waals surface area contributed by atoms with Gasteiger partial charge >= 0.3 is 12.1 Å². The maximum absolute atomic E-state index is 12.0. The zero-order valence-electron chi connectivity index (χ0n) is 16.1. The highest BCUT2D eigenvalue weighted by Crippen LogP contribution is 2.44. The third-order valence-corrected chi connectivity index (χ3v) is 4.77. The minimum Gasteiger partial charge on any atom is -0.480 e. The fraction of sp³-hybridized carbons (Fsp3) is 0.227. The van der Waals surface area contributed by atoms with Gasteiger partial charge in [-0.2, -0.15) is 0 Å². The molecule has 0 bridgehead atoms. The zero-order valence-corrected chi connectivity index (χ0v) is 16.1. The van der Waals surface area contributed by atoms with Gasteiger partial charge in [0.25, 0.3) is 0 Å². The lowest BCUT2D eigenvalue weighted by Crippen LogP contribution is -2.42. The first-order valence-corrected chi connectivity index (χ1v) is 9.40. The largest absolute Gasteiger partial charge is 0.480 e. The summed E-state index contributed by atoms with van der Waals surface area (Å²) in [5.74, 6) is -2.07. The van der Waals surface area contributed by atoms with Gasteiger partial charge in [-0.1, -0.05) is 54.6 Å². The normalized spacial score (nSPS) is 13.4. The van der Waals surface area contributed by atoms with E-state index in [0.717, 1.165) is 28.3 Å². The van der Waals surface area contributed by atoms with Crippen molar-refractivity contribution in [1.29, 1.82) is 0 Å². The van der Waals surface area contributed by atoms with Gasteiger partial charge in [0.05, 0.1) is 6.61 Å². The summed E-state index contributed by atoms with van der Waals surface area (Å²) < 4.78 is 5.36. The average molecular weight is 410 g/mol. The molecule has 3 rings (SSSR count). The van der Waals surface area contributed by atoms with Gasteiger partial charge in [-0.3, -0.25) is 4.79 Å². The van der Waals surface area contributed by atoms with Crippen molar-refractivity contribution in [3.05, 3.63) is 71.8 Å². The van der Waals surface area contributed by atoms with E-state index in [1.807, 2.05) is 36.4 Å². The topological polar surface area (TPSA) is 125 Å². The van der Waals surface area contributed by atoms with Crippen LogP contribution < -0.4 is 10.6 Å². The van der Waals surface area contributed by atoms with Crippen molar-refractivity contribution in [2.45, 2.75) is 12.0 Å². The van der Waals surface area contributed by atoms with E-state index >= 15 is 0 Å². The van der Waals surface area contributed by atoms with Gasteiger partial charge in [-0.25, -0.2) is 9.59 Å². The lowest BCUT2D eigenvalue weighted by Gasteiger charge is -2.14. The minimum absolute atomic E-state index is 0.0287. The number of amides is 2. The molecule has 2 amide bonds. The molecule has 8 nitrogen and oxygen atoms in total. The number of hydrogen-bond acceptors (Lipinski definition) is 5. The van der Waals surface area contributed by atoms with Crippen molar-refractivity contribution >= 4 is 18.0 Å². The maximum atomic E-state index is 12.0. The Morgan fingerprint density at radius 1 is 1.03 bits per heavy atom. The van der Waals surface area contributed by atoms with Gasteiger partial charge in [-0.15, -0.1) is 0 Å². The van der Waals surface area contributed by atoms with Crippen molar-refractivity contribution in [3.63, 3.8) is 0 Å². The molecule has 8 heteroatoms. The number of aliphatic hydroxyl groups excluding tert-OH is 1. The maximum Gasteiger partial charge on any atom is 0.407 e. The summed E-state index contributed by atoms with van der Waals surface area (Å²) in [5, 5.41) is 22.3. The van der Waals surface area contributed by atoms with E-state index in [2.05, 4.69) is 22.8 Å². The van der Waals surface area contributed by atoms with E-state index in [1.54, 1.807) is 0 Å². The van der Waals surface area contributed by atoms with E-state index in [4.69, 9.17) is 14.9 Å². The Kier molecular flexibility index (Phi) is 6.82. The number of aliphatic carboxylic acids is 1. The number of hydrogen-bond donors (Lipinski definition) is 4. The van der Waals surface area contributed by atoms with Crippen molar-refractivity contribution in [2.24, 2.45) is 0 Å². The first-order chi connectivity index (χ1) is 14.5. The highest BCUT2D eigenvalue weighted by atomic mass is 16.5. The second kappa shape index (κ2) is 9.71. The molecule has 4 N–H and O–H groups in total. The summed E-state index contributed by atoms with van der Waals surface area (Å²) in [5.41, 5.74) is 4.50. The highest BCUT2D eigenvalue weighted by Gasteiger charge is 2.28. The van der Waals surface area contributed by atoms with Crippen LogP contribution in [0.15, 0.2) is 60.7 Å². The Bertz CT molecular complexity index is 926. The number of nitrogens with one attached hydrogen (secondary N) is 2. The number of carbonyl (C=O) groups excluding carboxylic acids is 2. The molecule has 1 atom stereocenters. The molecule has 2 aromatic carbocycles. The van der Waals surface area contributed by atoms with Crippen LogP contribution in [0.5, 0.6) is 0 Å². The monoisotopic (exact) mass is 410 g/mol. The number of alkyl carbamates (subject to hydrolysis) is 1. The standard InChI is InChI=1S/C22H22N2O6/c25-12-19(21(27)28)24-20(26)10-5-11-23-22(29)30-13-18-16-8-3-1-6-14(16)15-7-2-4-9-17(15)18/h1-10,18-19,25H,11-13H2,(H,23,29)(H,24,26)(H,27,28)/b10-5+/t19-/m1/s1. The van der Waals surface area contributed by atoms with Crippen LogP contribution in [0, 0.1) is 0 Å². The fourth-order valence-electron chi connectivity index (χ4n) is 3.36. The van der Waals surface area contributed by atoms with E-state index in [1.165, 1.54) is 6.08 Å².